The van der Waals surface area contributed by atoms with Crippen LogP contribution in [0.4, 0.5) is 0 Å². The molecular formula is C18H21N3O. The number of rotatable bonds is 2. The van der Waals surface area contributed by atoms with Gasteiger partial charge in [-0.05, 0) is 25.5 Å². The number of hydrogen-bond acceptors (Lipinski definition) is 3. The summed E-state index contributed by atoms with van der Waals surface area (Å²) in [6.07, 6.45) is 3.47. The Hall–Kier alpha value is -2.20. The molecule has 1 aromatic carbocycles. The van der Waals surface area contributed by atoms with Crippen molar-refractivity contribution < 1.29 is 4.79 Å². The maximum atomic E-state index is 12.6. The molecule has 0 aliphatic carbocycles. The summed E-state index contributed by atoms with van der Waals surface area (Å²) >= 11 is 0. The van der Waals surface area contributed by atoms with E-state index in [1.807, 2.05) is 17.2 Å². The van der Waals surface area contributed by atoms with Crippen LogP contribution in [0.15, 0.2) is 42.7 Å². The van der Waals surface area contributed by atoms with Crippen molar-refractivity contribution in [2.75, 3.05) is 19.6 Å². The zero-order valence-corrected chi connectivity index (χ0v) is 13.0. The van der Waals surface area contributed by atoms with Gasteiger partial charge in [0.2, 0.25) is 0 Å². The minimum Gasteiger partial charge on any atom is -0.336 e. The van der Waals surface area contributed by atoms with E-state index in [0.29, 0.717) is 11.6 Å². The maximum absolute atomic E-state index is 12.6. The number of carbonyl (C=O) groups is 1. The van der Waals surface area contributed by atoms with Crippen molar-refractivity contribution in [2.45, 2.75) is 19.9 Å². The molecule has 1 fully saturated rings. The highest BCUT2D eigenvalue weighted by Crippen LogP contribution is 2.20. The van der Waals surface area contributed by atoms with Gasteiger partial charge in [0.15, 0.2) is 0 Å². The molecule has 0 radical (unpaired) electrons. The van der Waals surface area contributed by atoms with E-state index in [2.05, 4.69) is 48.4 Å². The normalized spacial score (nSPS) is 18.3. The van der Waals surface area contributed by atoms with Gasteiger partial charge < -0.3 is 10.2 Å². The summed E-state index contributed by atoms with van der Waals surface area (Å²) in [6, 6.07) is 10.5. The number of aryl methyl sites for hydroxylation is 1. The number of nitrogens with one attached hydrogen (secondary N) is 1. The SMILES string of the molecule is Cc1ccc(-c2cncc(C(=O)N3CCNC(C)C3)c2)cc1. The van der Waals surface area contributed by atoms with E-state index < -0.39 is 0 Å². The average Bonchev–Trinajstić information content (AvgIpc) is 2.55. The Bertz CT molecular complexity index is 666. The third-order valence-electron chi connectivity index (χ3n) is 4.03. The van der Waals surface area contributed by atoms with Crippen molar-refractivity contribution in [3.63, 3.8) is 0 Å². The van der Waals surface area contributed by atoms with Gasteiger partial charge in [0.25, 0.3) is 5.91 Å². The first-order valence-electron chi connectivity index (χ1n) is 7.68. The molecular weight excluding hydrogens is 274 g/mol. The largest absolute Gasteiger partial charge is 0.336 e. The molecule has 1 aromatic heterocycles. The number of amides is 1. The fraction of sp³-hybridized carbons (Fsp3) is 0.333. The van der Waals surface area contributed by atoms with Crippen LogP contribution in [0.25, 0.3) is 11.1 Å². The van der Waals surface area contributed by atoms with E-state index in [1.165, 1.54) is 5.56 Å². The predicted octanol–water partition coefficient (Wildman–Crippen LogP) is 2.49. The molecule has 0 saturated carbocycles. The van der Waals surface area contributed by atoms with Gasteiger partial charge in [-0.1, -0.05) is 29.8 Å². The Labute approximate surface area is 131 Å². The van der Waals surface area contributed by atoms with Crippen LogP contribution in [0.5, 0.6) is 0 Å². The van der Waals surface area contributed by atoms with Crippen LogP contribution >= 0.6 is 0 Å². The lowest BCUT2D eigenvalue weighted by molar-refractivity contribution is 0.0708. The van der Waals surface area contributed by atoms with Crippen LogP contribution in [-0.2, 0) is 0 Å². The smallest absolute Gasteiger partial charge is 0.255 e. The number of aromatic nitrogens is 1. The van der Waals surface area contributed by atoms with E-state index in [1.54, 1.807) is 6.20 Å². The van der Waals surface area contributed by atoms with Gasteiger partial charge in [-0.3, -0.25) is 9.78 Å². The van der Waals surface area contributed by atoms with E-state index in [0.717, 1.165) is 30.8 Å². The van der Waals surface area contributed by atoms with Gasteiger partial charge in [0, 0.05) is 43.6 Å². The summed E-state index contributed by atoms with van der Waals surface area (Å²) in [6.45, 7) is 6.50. The van der Waals surface area contributed by atoms with Gasteiger partial charge in [-0.15, -0.1) is 0 Å². The van der Waals surface area contributed by atoms with E-state index in [-0.39, 0.29) is 5.91 Å². The van der Waals surface area contributed by atoms with Crippen molar-refractivity contribution in [3.8, 4) is 11.1 Å². The molecule has 1 aliphatic heterocycles. The number of benzene rings is 1. The van der Waals surface area contributed by atoms with Crippen LogP contribution in [0, 0.1) is 6.92 Å². The second-order valence-corrected chi connectivity index (χ2v) is 5.93. The van der Waals surface area contributed by atoms with Gasteiger partial charge in [0.05, 0.1) is 5.56 Å². The summed E-state index contributed by atoms with van der Waals surface area (Å²) in [7, 11) is 0. The van der Waals surface area contributed by atoms with Crippen LogP contribution in [0.3, 0.4) is 0 Å². The van der Waals surface area contributed by atoms with Crippen LogP contribution in [0.1, 0.15) is 22.8 Å². The zero-order valence-electron chi connectivity index (χ0n) is 13.0. The monoisotopic (exact) mass is 295 g/mol. The number of hydrogen-bond donors (Lipinski definition) is 1. The lowest BCUT2D eigenvalue weighted by Gasteiger charge is -2.31. The highest BCUT2D eigenvalue weighted by atomic mass is 16.2. The van der Waals surface area contributed by atoms with Gasteiger partial charge in [0.1, 0.15) is 0 Å². The summed E-state index contributed by atoms with van der Waals surface area (Å²) in [5.74, 6) is 0.0646. The Morgan fingerprint density at radius 2 is 2.00 bits per heavy atom. The van der Waals surface area contributed by atoms with Crippen LogP contribution in [-0.4, -0.2) is 41.5 Å². The number of pyridine rings is 1. The molecule has 1 unspecified atom stereocenters. The molecule has 2 heterocycles. The third kappa shape index (κ3) is 3.17. The lowest BCUT2D eigenvalue weighted by atomic mass is 10.0. The highest BCUT2D eigenvalue weighted by Gasteiger charge is 2.22. The Morgan fingerprint density at radius 3 is 2.73 bits per heavy atom. The van der Waals surface area contributed by atoms with Gasteiger partial charge >= 0.3 is 0 Å². The molecule has 22 heavy (non-hydrogen) atoms. The van der Waals surface area contributed by atoms with Crippen molar-refractivity contribution >= 4 is 5.91 Å². The van der Waals surface area contributed by atoms with Crippen LogP contribution < -0.4 is 5.32 Å². The fourth-order valence-electron chi connectivity index (χ4n) is 2.76. The minimum absolute atomic E-state index is 0.0646. The second kappa shape index (κ2) is 6.28. The Kier molecular flexibility index (Phi) is 4.20. The number of nitrogens with zero attached hydrogens (tertiary/aromatic N) is 2. The summed E-state index contributed by atoms with van der Waals surface area (Å²) in [4.78, 5) is 18.8. The molecule has 1 saturated heterocycles. The predicted molar refractivity (Wildman–Crippen MR) is 87.8 cm³/mol. The quantitative estimate of drug-likeness (QED) is 0.926. The standard InChI is InChI=1S/C18H21N3O/c1-13-3-5-15(6-4-13)16-9-17(11-19-10-16)18(22)21-8-7-20-14(2)12-21/h3-6,9-11,14,20H,7-8,12H2,1-2H3. The van der Waals surface area contributed by atoms with Crippen molar-refractivity contribution in [1.29, 1.82) is 0 Å². The van der Waals surface area contributed by atoms with Crippen molar-refractivity contribution in [2.24, 2.45) is 0 Å². The van der Waals surface area contributed by atoms with E-state index in [4.69, 9.17) is 0 Å². The lowest BCUT2D eigenvalue weighted by Crippen LogP contribution is -2.51. The molecule has 0 bridgehead atoms. The first-order valence-corrected chi connectivity index (χ1v) is 7.68. The molecule has 2 aromatic rings. The first kappa shape index (κ1) is 14.7. The molecule has 114 valence electrons. The van der Waals surface area contributed by atoms with Gasteiger partial charge in [-0.2, -0.15) is 0 Å². The molecule has 1 amide bonds. The summed E-state index contributed by atoms with van der Waals surface area (Å²) < 4.78 is 0. The minimum atomic E-state index is 0.0646. The summed E-state index contributed by atoms with van der Waals surface area (Å²) in [5, 5.41) is 3.35. The topological polar surface area (TPSA) is 45.2 Å². The molecule has 0 spiro atoms. The Morgan fingerprint density at radius 1 is 1.23 bits per heavy atom. The third-order valence-corrected chi connectivity index (χ3v) is 4.03. The van der Waals surface area contributed by atoms with Gasteiger partial charge in [-0.25, -0.2) is 0 Å². The average molecular weight is 295 g/mol. The van der Waals surface area contributed by atoms with Crippen LogP contribution in [0.2, 0.25) is 0 Å². The Balaban J connectivity index is 1.84. The maximum Gasteiger partial charge on any atom is 0.255 e. The summed E-state index contributed by atoms with van der Waals surface area (Å²) in [5.41, 5.74) is 3.95. The van der Waals surface area contributed by atoms with Crippen molar-refractivity contribution in [3.05, 3.63) is 53.9 Å². The zero-order chi connectivity index (χ0) is 15.5. The molecule has 4 heteroatoms. The van der Waals surface area contributed by atoms with E-state index in [9.17, 15) is 4.79 Å². The highest BCUT2D eigenvalue weighted by molar-refractivity contribution is 5.95. The molecule has 4 nitrogen and oxygen atoms in total. The molecule has 1 aliphatic rings. The number of piperazine rings is 1. The second-order valence-electron chi connectivity index (χ2n) is 5.93. The number of carbonyl (C=O) groups excluding carboxylic acids is 1. The van der Waals surface area contributed by atoms with E-state index >= 15 is 0 Å². The van der Waals surface area contributed by atoms with Crippen molar-refractivity contribution in [1.82, 2.24) is 15.2 Å². The molecule has 1 atom stereocenters. The first-order chi connectivity index (χ1) is 10.6. The fourth-order valence-corrected chi connectivity index (χ4v) is 2.76. The molecule has 1 N–H and O–H groups in total. The molecule has 3 rings (SSSR count).